The van der Waals surface area contributed by atoms with Crippen LogP contribution in [-0.2, 0) is 6.42 Å². The summed E-state index contributed by atoms with van der Waals surface area (Å²) in [6.45, 7) is 0.505. The Kier molecular flexibility index (Phi) is 6.11. The number of nitrogen functional groups attached to an aromatic ring is 1. The van der Waals surface area contributed by atoms with Crippen LogP contribution in [0.15, 0.2) is 60.7 Å². The van der Waals surface area contributed by atoms with E-state index in [9.17, 15) is 4.79 Å². The molecule has 0 aliphatic carbocycles. The minimum atomic E-state index is -0.296. The quantitative estimate of drug-likeness (QED) is 0.660. The molecule has 0 saturated heterocycles. The van der Waals surface area contributed by atoms with E-state index in [4.69, 9.17) is 15.2 Å². The van der Waals surface area contributed by atoms with Crippen molar-refractivity contribution < 1.29 is 14.3 Å². The van der Waals surface area contributed by atoms with Crippen molar-refractivity contribution in [3.8, 4) is 22.8 Å². The van der Waals surface area contributed by atoms with Crippen LogP contribution in [0.3, 0.4) is 0 Å². The van der Waals surface area contributed by atoms with Gasteiger partial charge in [-0.05, 0) is 42.3 Å². The normalized spacial score (nSPS) is 10.4. The highest BCUT2D eigenvalue weighted by Gasteiger charge is 2.14. The number of carbonyl (C=O) groups is 1. The van der Waals surface area contributed by atoms with E-state index >= 15 is 0 Å². The van der Waals surface area contributed by atoms with Gasteiger partial charge in [0.25, 0.3) is 5.91 Å². The number of methoxy groups -OCH3 is 2. The van der Waals surface area contributed by atoms with Crippen molar-refractivity contribution in [1.82, 2.24) is 10.3 Å². The highest BCUT2D eigenvalue weighted by atomic mass is 16.5. The second-order valence-electron chi connectivity index (χ2n) is 6.20. The second kappa shape index (κ2) is 8.90. The Morgan fingerprint density at radius 1 is 1.00 bits per heavy atom. The molecule has 6 nitrogen and oxygen atoms in total. The molecule has 0 aliphatic heterocycles. The molecule has 2 aromatic carbocycles. The molecular weight excluding hydrogens is 354 g/mol. The highest BCUT2D eigenvalue weighted by molar-refractivity contribution is 5.97. The molecule has 0 aliphatic rings. The first-order valence-electron chi connectivity index (χ1n) is 8.93. The number of aromatic nitrogens is 1. The molecule has 144 valence electrons. The second-order valence-corrected chi connectivity index (χ2v) is 6.20. The predicted octanol–water partition coefficient (Wildman–Crippen LogP) is 3.32. The number of carbonyl (C=O) groups excluding carboxylic acids is 1. The van der Waals surface area contributed by atoms with Gasteiger partial charge in [-0.1, -0.05) is 30.3 Å². The fourth-order valence-electron chi connectivity index (χ4n) is 2.86. The molecule has 0 saturated carbocycles. The van der Waals surface area contributed by atoms with E-state index in [0.717, 1.165) is 17.5 Å². The molecule has 6 heteroatoms. The van der Waals surface area contributed by atoms with E-state index in [0.29, 0.717) is 29.4 Å². The first-order chi connectivity index (χ1) is 13.6. The average molecular weight is 377 g/mol. The van der Waals surface area contributed by atoms with Gasteiger partial charge in [-0.2, -0.15) is 0 Å². The van der Waals surface area contributed by atoms with Crippen LogP contribution >= 0.6 is 0 Å². The molecule has 3 N–H and O–H groups in total. The van der Waals surface area contributed by atoms with Crippen LogP contribution in [0.1, 0.15) is 16.1 Å². The number of nitrogens with one attached hydrogen (secondary N) is 1. The molecular formula is C22H23N3O3. The fourth-order valence-corrected chi connectivity index (χ4v) is 2.86. The fraction of sp³-hybridized carbons (Fsp3) is 0.182. The minimum Gasteiger partial charge on any atom is -0.493 e. The van der Waals surface area contributed by atoms with E-state index in [-0.39, 0.29) is 11.6 Å². The van der Waals surface area contributed by atoms with Crippen molar-refractivity contribution in [2.24, 2.45) is 0 Å². The Hall–Kier alpha value is -3.54. The minimum absolute atomic E-state index is 0.209. The number of pyridine rings is 1. The van der Waals surface area contributed by atoms with Gasteiger partial charge in [0.2, 0.25) is 0 Å². The Morgan fingerprint density at radius 2 is 1.75 bits per heavy atom. The summed E-state index contributed by atoms with van der Waals surface area (Å²) < 4.78 is 10.6. The summed E-state index contributed by atoms with van der Waals surface area (Å²) in [6, 6.07) is 18.9. The van der Waals surface area contributed by atoms with E-state index < -0.39 is 0 Å². The number of nitrogens with two attached hydrogens (primary N) is 1. The number of rotatable bonds is 7. The molecule has 0 atom stereocenters. The summed E-state index contributed by atoms with van der Waals surface area (Å²) in [5.74, 6) is 0.920. The van der Waals surface area contributed by atoms with Crippen molar-refractivity contribution in [1.29, 1.82) is 0 Å². The number of hydrogen-bond donors (Lipinski definition) is 2. The van der Waals surface area contributed by atoms with Crippen LogP contribution < -0.4 is 20.5 Å². The van der Waals surface area contributed by atoms with Crippen molar-refractivity contribution in [3.63, 3.8) is 0 Å². The van der Waals surface area contributed by atoms with Crippen LogP contribution in [-0.4, -0.2) is 31.7 Å². The van der Waals surface area contributed by atoms with Gasteiger partial charge in [-0.3, -0.25) is 4.79 Å². The Morgan fingerprint density at radius 3 is 2.46 bits per heavy atom. The third-order valence-corrected chi connectivity index (χ3v) is 4.36. The molecule has 3 aromatic rings. The standard InChI is InChI=1S/C22H23N3O3/c1-27-19-11-8-16(14-20(19)28-2)18-10-9-17(23)21(25-18)22(26)24-13-12-15-6-4-3-5-7-15/h3-11,14H,12-13,23H2,1-2H3,(H,24,26). The molecule has 3 rings (SSSR count). The van der Waals surface area contributed by atoms with E-state index in [1.165, 1.54) is 0 Å². The third kappa shape index (κ3) is 4.40. The summed E-state index contributed by atoms with van der Waals surface area (Å²) in [7, 11) is 3.15. The molecule has 0 radical (unpaired) electrons. The van der Waals surface area contributed by atoms with Gasteiger partial charge in [0.15, 0.2) is 17.2 Å². The van der Waals surface area contributed by atoms with Crippen molar-refractivity contribution in [3.05, 3.63) is 71.9 Å². The maximum atomic E-state index is 12.6. The molecule has 1 aromatic heterocycles. The number of anilines is 1. The van der Waals surface area contributed by atoms with Crippen LogP contribution in [0.5, 0.6) is 11.5 Å². The first kappa shape index (κ1) is 19.2. The first-order valence-corrected chi connectivity index (χ1v) is 8.93. The third-order valence-electron chi connectivity index (χ3n) is 4.36. The lowest BCUT2D eigenvalue weighted by Gasteiger charge is -2.11. The van der Waals surface area contributed by atoms with Crippen LogP contribution in [0.4, 0.5) is 5.69 Å². The van der Waals surface area contributed by atoms with Gasteiger partial charge in [0.05, 0.1) is 25.6 Å². The maximum Gasteiger partial charge on any atom is 0.272 e. The lowest BCUT2D eigenvalue weighted by molar-refractivity contribution is 0.0950. The highest BCUT2D eigenvalue weighted by Crippen LogP contribution is 2.32. The molecule has 0 bridgehead atoms. The zero-order valence-electron chi connectivity index (χ0n) is 15.9. The van der Waals surface area contributed by atoms with Crippen molar-refractivity contribution >= 4 is 11.6 Å². The zero-order valence-corrected chi connectivity index (χ0v) is 15.9. The van der Waals surface area contributed by atoms with E-state index in [2.05, 4.69) is 10.3 Å². The Labute approximate surface area is 164 Å². The van der Waals surface area contributed by atoms with Gasteiger partial charge in [0, 0.05) is 12.1 Å². The van der Waals surface area contributed by atoms with E-state index in [1.807, 2.05) is 42.5 Å². The van der Waals surface area contributed by atoms with Gasteiger partial charge in [-0.25, -0.2) is 4.98 Å². The Bertz CT molecular complexity index is 958. The molecule has 1 heterocycles. The van der Waals surface area contributed by atoms with Crippen molar-refractivity contribution in [2.45, 2.75) is 6.42 Å². The molecule has 1 amide bonds. The van der Waals surface area contributed by atoms with Gasteiger partial charge in [0.1, 0.15) is 0 Å². The van der Waals surface area contributed by atoms with Crippen LogP contribution in [0.2, 0.25) is 0 Å². The number of ether oxygens (including phenoxy) is 2. The molecule has 28 heavy (non-hydrogen) atoms. The lowest BCUT2D eigenvalue weighted by atomic mass is 10.1. The topological polar surface area (TPSA) is 86.5 Å². The van der Waals surface area contributed by atoms with Crippen LogP contribution in [0.25, 0.3) is 11.3 Å². The summed E-state index contributed by atoms with van der Waals surface area (Å²) in [5, 5.41) is 2.88. The van der Waals surface area contributed by atoms with Gasteiger partial charge < -0.3 is 20.5 Å². The lowest BCUT2D eigenvalue weighted by Crippen LogP contribution is -2.27. The molecule has 0 fully saturated rings. The average Bonchev–Trinajstić information content (AvgIpc) is 2.74. The summed E-state index contributed by atoms with van der Waals surface area (Å²) in [4.78, 5) is 17.0. The molecule has 0 unspecified atom stereocenters. The summed E-state index contributed by atoms with van der Waals surface area (Å²) in [6.07, 6.45) is 0.738. The predicted molar refractivity (Wildman–Crippen MR) is 110 cm³/mol. The number of hydrogen-bond acceptors (Lipinski definition) is 5. The summed E-state index contributed by atoms with van der Waals surface area (Å²) >= 11 is 0. The van der Waals surface area contributed by atoms with Crippen LogP contribution in [0, 0.1) is 0 Å². The van der Waals surface area contributed by atoms with E-state index in [1.54, 1.807) is 32.4 Å². The van der Waals surface area contributed by atoms with Crippen molar-refractivity contribution in [2.75, 3.05) is 26.5 Å². The smallest absolute Gasteiger partial charge is 0.272 e. The monoisotopic (exact) mass is 377 g/mol. The largest absolute Gasteiger partial charge is 0.493 e. The van der Waals surface area contributed by atoms with Gasteiger partial charge in [-0.15, -0.1) is 0 Å². The maximum absolute atomic E-state index is 12.6. The summed E-state index contributed by atoms with van der Waals surface area (Å²) in [5.41, 5.74) is 9.11. The number of amides is 1. The SMILES string of the molecule is COc1ccc(-c2ccc(N)c(C(=O)NCCc3ccccc3)n2)cc1OC. The van der Waals surface area contributed by atoms with Gasteiger partial charge >= 0.3 is 0 Å². The zero-order chi connectivity index (χ0) is 19.9. The number of benzene rings is 2. The molecule has 0 spiro atoms. The Balaban J connectivity index is 1.76. The number of nitrogens with zero attached hydrogens (tertiary/aromatic N) is 1.